The highest BCUT2D eigenvalue weighted by Gasteiger charge is 2.42. The summed E-state index contributed by atoms with van der Waals surface area (Å²) in [5.41, 5.74) is 0.636. The third-order valence-electron chi connectivity index (χ3n) is 4.40. The maximum atomic E-state index is 10.8. The zero-order chi connectivity index (χ0) is 13.2. The first kappa shape index (κ1) is 13.5. The lowest BCUT2D eigenvalue weighted by Crippen LogP contribution is -2.49. The largest absolute Gasteiger partial charge is 0.385 e. The van der Waals surface area contributed by atoms with Gasteiger partial charge in [-0.1, -0.05) is 30.9 Å². The Labute approximate surface area is 109 Å². The number of aromatic nitrogens is 3. The van der Waals surface area contributed by atoms with Crippen LogP contribution in [0.1, 0.15) is 50.3 Å². The van der Waals surface area contributed by atoms with Gasteiger partial charge in [0.2, 0.25) is 0 Å². The molecule has 5 nitrogen and oxygen atoms in total. The van der Waals surface area contributed by atoms with Gasteiger partial charge in [0.15, 0.2) is 0 Å². The summed E-state index contributed by atoms with van der Waals surface area (Å²) in [5.74, 6) is 0. The summed E-state index contributed by atoms with van der Waals surface area (Å²) < 4.78 is 1.68. The third kappa shape index (κ3) is 2.29. The zero-order valence-electron chi connectivity index (χ0n) is 11.6. The van der Waals surface area contributed by atoms with E-state index in [4.69, 9.17) is 0 Å². The Morgan fingerprint density at radius 3 is 2.33 bits per heavy atom. The molecule has 1 aliphatic carbocycles. The van der Waals surface area contributed by atoms with Gasteiger partial charge < -0.3 is 10.0 Å². The first-order valence-corrected chi connectivity index (χ1v) is 6.78. The highest BCUT2D eigenvalue weighted by molar-refractivity contribution is 5.10. The summed E-state index contributed by atoms with van der Waals surface area (Å²) in [6.45, 7) is 0. The maximum absolute atomic E-state index is 10.8. The molecule has 0 radical (unpaired) electrons. The van der Waals surface area contributed by atoms with Gasteiger partial charge >= 0.3 is 0 Å². The van der Waals surface area contributed by atoms with E-state index >= 15 is 0 Å². The van der Waals surface area contributed by atoms with E-state index in [9.17, 15) is 5.11 Å². The first-order valence-electron chi connectivity index (χ1n) is 6.78. The fourth-order valence-corrected chi connectivity index (χ4v) is 3.13. The summed E-state index contributed by atoms with van der Waals surface area (Å²) in [6.07, 6.45) is 8.13. The highest BCUT2D eigenvalue weighted by Crippen LogP contribution is 2.40. The van der Waals surface area contributed by atoms with Crippen molar-refractivity contribution in [3.05, 3.63) is 11.9 Å². The molecular weight excluding hydrogens is 228 g/mol. The molecule has 1 atom stereocenters. The smallest absolute Gasteiger partial charge is 0.115 e. The Bertz CT molecular complexity index is 380. The van der Waals surface area contributed by atoms with Crippen molar-refractivity contribution in [3.63, 3.8) is 0 Å². The number of aryl methyl sites for hydroxylation is 1. The van der Waals surface area contributed by atoms with Crippen molar-refractivity contribution in [3.8, 4) is 0 Å². The molecular formula is C13H24N4O. The van der Waals surface area contributed by atoms with Crippen LogP contribution >= 0.6 is 0 Å². The molecule has 0 saturated heterocycles. The zero-order valence-corrected chi connectivity index (χ0v) is 11.6. The Hall–Kier alpha value is -0.940. The fraction of sp³-hybridized carbons (Fsp3) is 0.846. The molecule has 2 rings (SSSR count). The fourth-order valence-electron chi connectivity index (χ4n) is 3.13. The van der Waals surface area contributed by atoms with E-state index in [0.29, 0.717) is 0 Å². The number of rotatable bonds is 3. The number of hydrogen-bond donors (Lipinski definition) is 1. The van der Waals surface area contributed by atoms with E-state index in [1.807, 2.05) is 7.05 Å². The van der Waals surface area contributed by atoms with E-state index in [0.717, 1.165) is 18.5 Å². The molecule has 1 saturated carbocycles. The number of aliphatic hydroxyl groups excluding tert-OH is 1. The van der Waals surface area contributed by atoms with Crippen LogP contribution < -0.4 is 0 Å². The summed E-state index contributed by atoms with van der Waals surface area (Å²) >= 11 is 0. The van der Waals surface area contributed by atoms with Gasteiger partial charge in [0.05, 0.1) is 17.4 Å². The third-order valence-corrected chi connectivity index (χ3v) is 4.40. The van der Waals surface area contributed by atoms with Crippen molar-refractivity contribution in [1.82, 2.24) is 19.9 Å². The average molecular weight is 252 g/mol. The Kier molecular flexibility index (Phi) is 4.02. The van der Waals surface area contributed by atoms with Crippen molar-refractivity contribution in [2.45, 2.75) is 50.2 Å². The number of hydrogen-bond acceptors (Lipinski definition) is 4. The highest BCUT2D eigenvalue weighted by atomic mass is 16.3. The minimum absolute atomic E-state index is 0.175. The van der Waals surface area contributed by atoms with Crippen molar-refractivity contribution in [2.24, 2.45) is 7.05 Å². The topological polar surface area (TPSA) is 54.2 Å². The molecule has 1 aromatic rings. The molecule has 0 aromatic carbocycles. The molecule has 18 heavy (non-hydrogen) atoms. The molecule has 0 bridgehead atoms. The van der Waals surface area contributed by atoms with Crippen LogP contribution in [0.25, 0.3) is 0 Å². The molecule has 1 aliphatic rings. The quantitative estimate of drug-likeness (QED) is 0.828. The normalized spacial score (nSPS) is 21.8. The van der Waals surface area contributed by atoms with Crippen molar-refractivity contribution in [1.29, 1.82) is 0 Å². The summed E-state index contributed by atoms with van der Waals surface area (Å²) in [4.78, 5) is 2.19. The van der Waals surface area contributed by atoms with E-state index in [2.05, 4.69) is 29.3 Å². The summed E-state index contributed by atoms with van der Waals surface area (Å²) in [5, 5.41) is 18.6. The minimum atomic E-state index is -0.523. The van der Waals surface area contributed by atoms with Gasteiger partial charge in [0.1, 0.15) is 6.10 Å². The summed E-state index contributed by atoms with van der Waals surface area (Å²) in [6, 6.07) is 0. The van der Waals surface area contributed by atoms with E-state index in [1.54, 1.807) is 10.9 Å². The minimum Gasteiger partial charge on any atom is -0.385 e. The SMILES string of the molecule is CN(C)C1(C(O)c2cnnn2C)CCCCCC1. The predicted octanol–water partition coefficient (Wildman–Crippen LogP) is 1.50. The molecule has 0 amide bonds. The first-order chi connectivity index (χ1) is 8.58. The van der Waals surface area contributed by atoms with Crippen molar-refractivity contribution < 1.29 is 5.11 Å². The van der Waals surface area contributed by atoms with Crippen LogP contribution in [-0.2, 0) is 7.05 Å². The summed E-state index contributed by atoms with van der Waals surface area (Å²) in [7, 11) is 5.97. The molecule has 0 aliphatic heterocycles. The van der Waals surface area contributed by atoms with Gasteiger partial charge in [0.25, 0.3) is 0 Å². The van der Waals surface area contributed by atoms with Gasteiger partial charge in [-0.15, -0.1) is 5.10 Å². The molecule has 102 valence electrons. The van der Waals surface area contributed by atoms with Crippen LogP contribution in [0.3, 0.4) is 0 Å². The van der Waals surface area contributed by atoms with Crippen LogP contribution in [0.5, 0.6) is 0 Å². The van der Waals surface area contributed by atoms with Gasteiger partial charge in [0, 0.05) is 7.05 Å². The number of likely N-dealkylation sites (N-methyl/N-ethyl adjacent to an activating group) is 1. The van der Waals surface area contributed by atoms with Gasteiger partial charge in [-0.3, -0.25) is 0 Å². The molecule has 1 N–H and O–H groups in total. The number of nitrogens with zero attached hydrogens (tertiary/aromatic N) is 4. The van der Waals surface area contributed by atoms with E-state index in [1.165, 1.54) is 25.7 Å². The van der Waals surface area contributed by atoms with Crippen LogP contribution in [0.2, 0.25) is 0 Å². The molecule has 1 fully saturated rings. The predicted molar refractivity (Wildman–Crippen MR) is 70.1 cm³/mol. The second kappa shape index (κ2) is 5.36. The van der Waals surface area contributed by atoms with Crippen LogP contribution in [-0.4, -0.2) is 44.6 Å². The lowest BCUT2D eigenvalue weighted by molar-refractivity contribution is -0.0241. The van der Waals surface area contributed by atoms with Crippen LogP contribution in [0.4, 0.5) is 0 Å². The maximum Gasteiger partial charge on any atom is 0.115 e. The monoisotopic (exact) mass is 252 g/mol. The molecule has 0 spiro atoms. The Balaban J connectivity index is 2.31. The average Bonchev–Trinajstić information content (AvgIpc) is 2.63. The van der Waals surface area contributed by atoms with Gasteiger partial charge in [-0.25, -0.2) is 4.68 Å². The molecule has 5 heteroatoms. The number of aliphatic hydroxyl groups is 1. The second-order valence-corrected chi connectivity index (χ2v) is 5.60. The van der Waals surface area contributed by atoms with Crippen molar-refractivity contribution in [2.75, 3.05) is 14.1 Å². The van der Waals surface area contributed by atoms with Gasteiger partial charge in [-0.2, -0.15) is 0 Å². The Morgan fingerprint density at radius 2 is 1.89 bits per heavy atom. The van der Waals surface area contributed by atoms with E-state index < -0.39 is 6.10 Å². The standard InChI is InChI=1S/C13H24N4O/c1-16(2)13(8-6-4-5-7-9-13)12(18)11-10-14-15-17(11)3/h10,12,18H,4-9H2,1-3H3. The molecule has 1 aromatic heterocycles. The lowest BCUT2D eigenvalue weighted by Gasteiger charge is -2.43. The molecule has 1 heterocycles. The van der Waals surface area contributed by atoms with Crippen LogP contribution in [0.15, 0.2) is 6.20 Å². The molecule has 1 unspecified atom stereocenters. The second-order valence-electron chi connectivity index (χ2n) is 5.60. The van der Waals surface area contributed by atoms with E-state index in [-0.39, 0.29) is 5.54 Å². The van der Waals surface area contributed by atoms with Gasteiger partial charge in [-0.05, 0) is 26.9 Å². The lowest BCUT2D eigenvalue weighted by atomic mass is 9.81. The van der Waals surface area contributed by atoms with Crippen LogP contribution in [0, 0.1) is 0 Å². The Morgan fingerprint density at radius 1 is 1.28 bits per heavy atom. The van der Waals surface area contributed by atoms with Crippen molar-refractivity contribution >= 4 is 0 Å².